The van der Waals surface area contributed by atoms with Crippen molar-refractivity contribution >= 4 is 22.7 Å². The van der Waals surface area contributed by atoms with Gasteiger partial charge in [-0.05, 0) is 43.2 Å². The van der Waals surface area contributed by atoms with Crippen molar-refractivity contribution in [1.82, 2.24) is 4.98 Å². The van der Waals surface area contributed by atoms with Crippen LogP contribution >= 0.6 is 0 Å². The van der Waals surface area contributed by atoms with E-state index in [1.54, 1.807) is 0 Å². The molecule has 1 N–H and O–H groups in total. The van der Waals surface area contributed by atoms with Gasteiger partial charge in [0.15, 0.2) is 11.5 Å². The van der Waals surface area contributed by atoms with E-state index in [2.05, 4.69) is 10.3 Å². The quantitative estimate of drug-likeness (QED) is 0.790. The van der Waals surface area contributed by atoms with Gasteiger partial charge < -0.3 is 9.73 Å². The first-order valence-electron chi connectivity index (χ1n) is 7.33. The van der Waals surface area contributed by atoms with E-state index in [1.807, 2.05) is 56.3 Å². The van der Waals surface area contributed by atoms with Crippen LogP contribution in [0.3, 0.4) is 0 Å². The first-order valence-corrected chi connectivity index (χ1v) is 7.33. The molecule has 0 bridgehead atoms. The molecule has 0 atom stereocenters. The molecule has 0 aliphatic rings. The van der Waals surface area contributed by atoms with Gasteiger partial charge in [0.05, 0.1) is 0 Å². The maximum Gasteiger partial charge on any atom is 0.224 e. The van der Waals surface area contributed by atoms with Gasteiger partial charge in [0.1, 0.15) is 5.52 Å². The van der Waals surface area contributed by atoms with E-state index >= 15 is 0 Å². The Morgan fingerprint density at radius 3 is 2.68 bits per heavy atom. The van der Waals surface area contributed by atoms with Gasteiger partial charge >= 0.3 is 0 Å². The van der Waals surface area contributed by atoms with Crippen LogP contribution in [0.25, 0.3) is 11.1 Å². The third-order valence-corrected chi connectivity index (χ3v) is 3.53. The van der Waals surface area contributed by atoms with E-state index in [-0.39, 0.29) is 5.91 Å². The van der Waals surface area contributed by atoms with Crippen molar-refractivity contribution in [3.8, 4) is 0 Å². The number of benzene rings is 2. The molecule has 0 aliphatic heterocycles. The number of nitrogens with one attached hydrogen (secondary N) is 1. The van der Waals surface area contributed by atoms with Crippen LogP contribution in [0.2, 0.25) is 0 Å². The van der Waals surface area contributed by atoms with Crippen LogP contribution in [-0.2, 0) is 11.2 Å². The fourth-order valence-electron chi connectivity index (χ4n) is 2.36. The van der Waals surface area contributed by atoms with Gasteiger partial charge in [-0.25, -0.2) is 4.98 Å². The highest BCUT2D eigenvalue weighted by atomic mass is 16.3. The summed E-state index contributed by atoms with van der Waals surface area (Å²) in [4.78, 5) is 16.3. The second kappa shape index (κ2) is 6.02. The normalized spacial score (nSPS) is 10.8. The van der Waals surface area contributed by atoms with Crippen molar-refractivity contribution in [1.29, 1.82) is 0 Å². The highest BCUT2D eigenvalue weighted by Crippen LogP contribution is 2.18. The number of oxazole rings is 1. The minimum absolute atomic E-state index is 0.0142. The van der Waals surface area contributed by atoms with Gasteiger partial charge in [-0.3, -0.25) is 4.79 Å². The van der Waals surface area contributed by atoms with Crippen LogP contribution in [0.5, 0.6) is 0 Å². The number of aryl methyl sites for hydroxylation is 3. The molecule has 4 heteroatoms. The highest BCUT2D eigenvalue weighted by Gasteiger charge is 2.06. The molecule has 0 radical (unpaired) electrons. The minimum atomic E-state index is 0.0142. The molecule has 1 heterocycles. The third kappa shape index (κ3) is 3.34. The molecule has 3 rings (SSSR count). The predicted octanol–water partition coefficient (Wildman–Crippen LogP) is 4.02. The lowest BCUT2D eigenvalue weighted by atomic mass is 10.1. The molecule has 22 heavy (non-hydrogen) atoms. The van der Waals surface area contributed by atoms with Crippen molar-refractivity contribution in [2.45, 2.75) is 26.7 Å². The number of rotatable bonds is 4. The van der Waals surface area contributed by atoms with Crippen molar-refractivity contribution < 1.29 is 9.21 Å². The molecule has 1 aromatic heterocycles. The van der Waals surface area contributed by atoms with Gasteiger partial charge in [0, 0.05) is 19.0 Å². The molecular formula is C18H18N2O2. The fraction of sp³-hybridized carbons (Fsp3) is 0.222. The molecule has 2 aromatic carbocycles. The van der Waals surface area contributed by atoms with E-state index in [0.717, 1.165) is 22.4 Å². The van der Waals surface area contributed by atoms with Gasteiger partial charge in [-0.2, -0.15) is 0 Å². The SMILES string of the molecule is Cc1ccc(NC(=O)CCc2ccc3oc(C)nc3c2)cc1. The van der Waals surface area contributed by atoms with Crippen molar-refractivity contribution in [3.05, 3.63) is 59.5 Å². The predicted molar refractivity (Wildman–Crippen MR) is 86.9 cm³/mol. The minimum Gasteiger partial charge on any atom is -0.441 e. The number of carbonyl (C=O) groups excluding carboxylic acids is 1. The van der Waals surface area contributed by atoms with Crippen LogP contribution in [0.15, 0.2) is 46.9 Å². The molecular weight excluding hydrogens is 276 g/mol. The summed E-state index contributed by atoms with van der Waals surface area (Å²) in [5.74, 6) is 0.671. The average molecular weight is 294 g/mol. The molecule has 0 aliphatic carbocycles. The van der Waals surface area contributed by atoms with E-state index in [9.17, 15) is 4.79 Å². The molecule has 0 spiro atoms. The summed E-state index contributed by atoms with van der Waals surface area (Å²) in [7, 11) is 0. The van der Waals surface area contributed by atoms with Crippen molar-refractivity contribution in [2.75, 3.05) is 5.32 Å². The second-order valence-electron chi connectivity index (χ2n) is 5.45. The topological polar surface area (TPSA) is 55.1 Å². The Balaban J connectivity index is 1.60. The summed E-state index contributed by atoms with van der Waals surface area (Å²) in [6, 6.07) is 13.7. The summed E-state index contributed by atoms with van der Waals surface area (Å²) in [5, 5.41) is 2.91. The maximum absolute atomic E-state index is 12.0. The van der Waals surface area contributed by atoms with E-state index < -0.39 is 0 Å². The maximum atomic E-state index is 12.0. The molecule has 112 valence electrons. The Labute approximate surface area is 129 Å². The molecule has 3 aromatic rings. The number of amides is 1. The number of aromatic nitrogens is 1. The second-order valence-corrected chi connectivity index (χ2v) is 5.45. The molecule has 0 fully saturated rings. The number of hydrogen-bond donors (Lipinski definition) is 1. The first-order chi connectivity index (χ1) is 10.6. The standard InChI is InChI=1S/C18H18N2O2/c1-12-3-7-15(8-4-12)20-18(21)10-6-14-5-9-17-16(11-14)19-13(2)22-17/h3-5,7-9,11H,6,10H2,1-2H3,(H,20,21). The van der Waals surface area contributed by atoms with Gasteiger partial charge in [0.25, 0.3) is 0 Å². The fourth-order valence-corrected chi connectivity index (χ4v) is 2.36. The smallest absolute Gasteiger partial charge is 0.224 e. The van der Waals surface area contributed by atoms with Crippen LogP contribution in [0, 0.1) is 13.8 Å². The molecule has 0 saturated heterocycles. The number of anilines is 1. The molecule has 0 unspecified atom stereocenters. The van der Waals surface area contributed by atoms with Crippen LogP contribution < -0.4 is 5.32 Å². The number of hydrogen-bond acceptors (Lipinski definition) is 3. The van der Waals surface area contributed by atoms with E-state index in [0.29, 0.717) is 18.7 Å². The zero-order valence-corrected chi connectivity index (χ0v) is 12.7. The lowest BCUT2D eigenvalue weighted by molar-refractivity contribution is -0.116. The van der Waals surface area contributed by atoms with Gasteiger partial charge in [-0.15, -0.1) is 0 Å². The van der Waals surface area contributed by atoms with Crippen LogP contribution in [0.1, 0.15) is 23.4 Å². The number of fused-ring (bicyclic) bond motifs is 1. The van der Waals surface area contributed by atoms with Gasteiger partial charge in [0.2, 0.25) is 5.91 Å². The summed E-state index contributed by atoms with van der Waals surface area (Å²) in [6.45, 7) is 3.85. The van der Waals surface area contributed by atoms with Crippen LogP contribution in [0.4, 0.5) is 5.69 Å². The summed E-state index contributed by atoms with van der Waals surface area (Å²) >= 11 is 0. The molecule has 1 amide bonds. The Hall–Kier alpha value is -2.62. The number of carbonyl (C=O) groups is 1. The summed E-state index contributed by atoms with van der Waals surface area (Å²) in [6.07, 6.45) is 1.12. The van der Waals surface area contributed by atoms with E-state index in [4.69, 9.17) is 4.42 Å². The lowest BCUT2D eigenvalue weighted by Crippen LogP contribution is -2.12. The molecule has 4 nitrogen and oxygen atoms in total. The monoisotopic (exact) mass is 294 g/mol. The largest absolute Gasteiger partial charge is 0.441 e. The summed E-state index contributed by atoms with van der Waals surface area (Å²) < 4.78 is 5.45. The zero-order valence-electron chi connectivity index (χ0n) is 12.7. The van der Waals surface area contributed by atoms with Crippen LogP contribution in [-0.4, -0.2) is 10.9 Å². The average Bonchev–Trinajstić information content (AvgIpc) is 2.87. The molecule has 0 saturated carbocycles. The Kier molecular flexibility index (Phi) is 3.92. The Bertz CT molecular complexity index is 804. The van der Waals surface area contributed by atoms with Crippen molar-refractivity contribution in [3.63, 3.8) is 0 Å². The highest BCUT2D eigenvalue weighted by molar-refractivity contribution is 5.90. The van der Waals surface area contributed by atoms with Crippen molar-refractivity contribution in [2.24, 2.45) is 0 Å². The number of nitrogens with zero attached hydrogens (tertiary/aromatic N) is 1. The third-order valence-electron chi connectivity index (χ3n) is 3.53. The van der Waals surface area contributed by atoms with Gasteiger partial charge in [-0.1, -0.05) is 23.8 Å². The Morgan fingerprint density at radius 1 is 1.14 bits per heavy atom. The first kappa shape index (κ1) is 14.3. The summed E-state index contributed by atoms with van der Waals surface area (Å²) in [5.41, 5.74) is 4.71. The van der Waals surface area contributed by atoms with E-state index in [1.165, 1.54) is 5.56 Å². The Morgan fingerprint density at radius 2 is 1.91 bits per heavy atom. The zero-order chi connectivity index (χ0) is 15.5. The lowest BCUT2D eigenvalue weighted by Gasteiger charge is -2.05.